The molecule has 0 radical (unpaired) electrons. The van der Waals surface area contributed by atoms with Gasteiger partial charge in [0.25, 0.3) is 0 Å². The van der Waals surface area contributed by atoms with Gasteiger partial charge in [0.05, 0.1) is 6.10 Å². The Morgan fingerprint density at radius 2 is 1.94 bits per heavy atom. The van der Waals surface area contributed by atoms with Crippen LogP contribution in [0.15, 0.2) is 11.1 Å². The van der Waals surface area contributed by atoms with Gasteiger partial charge in [-0.25, -0.2) is 0 Å². The fraction of sp³-hybridized carbons (Fsp3) is 0.867. The fourth-order valence-electron chi connectivity index (χ4n) is 4.13. The second-order valence-corrected chi connectivity index (χ2v) is 6.51. The van der Waals surface area contributed by atoms with E-state index in [-0.39, 0.29) is 16.9 Å². The summed E-state index contributed by atoms with van der Waals surface area (Å²) in [6, 6.07) is 0. The lowest BCUT2D eigenvalue weighted by molar-refractivity contribution is 0.125. The third-order valence-electron chi connectivity index (χ3n) is 5.73. The lowest BCUT2D eigenvalue weighted by atomic mass is 9.67. The molecule has 0 bridgehead atoms. The monoisotopic (exact) mass is 222 g/mol. The summed E-state index contributed by atoms with van der Waals surface area (Å²) in [6.45, 7) is 11.7. The van der Waals surface area contributed by atoms with Crippen LogP contribution in [-0.2, 0) is 0 Å². The molecule has 0 spiro atoms. The Morgan fingerprint density at radius 3 is 2.50 bits per heavy atom. The Hall–Kier alpha value is -0.300. The Balaban J connectivity index is 2.56. The van der Waals surface area contributed by atoms with Crippen molar-refractivity contribution in [1.29, 1.82) is 0 Å². The van der Waals surface area contributed by atoms with Crippen LogP contribution in [0.3, 0.4) is 0 Å². The summed E-state index contributed by atoms with van der Waals surface area (Å²) in [6.07, 6.45) is 4.32. The van der Waals surface area contributed by atoms with Crippen LogP contribution in [-0.4, -0.2) is 11.2 Å². The second kappa shape index (κ2) is 3.60. The smallest absolute Gasteiger partial charge is 0.0758 e. The van der Waals surface area contributed by atoms with E-state index in [1.165, 1.54) is 12.0 Å². The molecule has 0 aromatic rings. The molecule has 0 aromatic carbocycles. The first-order chi connectivity index (χ1) is 7.35. The van der Waals surface area contributed by atoms with E-state index >= 15 is 0 Å². The Kier molecular flexibility index (Phi) is 2.73. The maximum atomic E-state index is 10.3. The summed E-state index contributed by atoms with van der Waals surface area (Å²) in [5, 5.41) is 10.3. The zero-order chi connectivity index (χ0) is 12.1. The van der Waals surface area contributed by atoms with Gasteiger partial charge in [0.15, 0.2) is 0 Å². The summed E-state index contributed by atoms with van der Waals surface area (Å²) >= 11 is 0. The number of rotatable bonds is 1. The maximum Gasteiger partial charge on any atom is 0.0758 e. The van der Waals surface area contributed by atoms with Crippen molar-refractivity contribution in [2.24, 2.45) is 16.7 Å². The van der Waals surface area contributed by atoms with Crippen LogP contribution >= 0.6 is 0 Å². The van der Waals surface area contributed by atoms with E-state index in [0.29, 0.717) is 5.92 Å². The largest absolute Gasteiger partial charge is 0.389 e. The molecular weight excluding hydrogens is 196 g/mol. The lowest BCUT2D eigenvalue weighted by Crippen LogP contribution is -2.32. The average molecular weight is 222 g/mol. The summed E-state index contributed by atoms with van der Waals surface area (Å²) in [7, 11) is 0. The van der Waals surface area contributed by atoms with Gasteiger partial charge in [0, 0.05) is 0 Å². The minimum Gasteiger partial charge on any atom is -0.389 e. The van der Waals surface area contributed by atoms with E-state index in [1.807, 2.05) is 0 Å². The molecule has 0 fully saturated rings. The van der Waals surface area contributed by atoms with E-state index in [2.05, 4.69) is 34.6 Å². The van der Waals surface area contributed by atoms with Crippen LogP contribution in [0.25, 0.3) is 0 Å². The first-order valence-corrected chi connectivity index (χ1v) is 6.77. The normalized spacial score (nSPS) is 42.4. The standard InChI is InChI=1S/C15H26O/c1-6-15(5)10(2)14(3,4)11-8-7-9-12(16)13(11)15/h10,12,16H,6-9H2,1-5H3. The van der Waals surface area contributed by atoms with Gasteiger partial charge < -0.3 is 5.11 Å². The highest BCUT2D eigenvalue weighted by atomic mass is 16.3. The summed E-state index contributed by atoms with van der Waals surface area (Å²) in [4.78, 5) is 0. The van der Waals surface area contributed by atoms with E-state index in [4.69, 9.17) is 0 Å². The van der Waals surface area contributed by atoms with Crippen LogP contribution in [0.4, 0.5) is 0 Å². The molecule has 0 aliphatic heterocycles. The van der Waals surface area contributed by atoms with Gasteiger partial charge in [-0.1, -0.05) is 40.2 Å². The molecule has 2 rings (SSSR count). The molecule has 0 saturated heterocycles. The van der Waals surface area contributed by atoms with Crippen molar-refractivity contribution in [3.63, 3.8) is 0 Å². The van der Waals surface area contributed by atoms with Crippen molar-refractivity contribution in [3.05, 3.63) is 11.1 Å². The molecule has 1 nitrogen and oxygen atoms in total. The Labute approximate surface area is 99.9 Å². The van der Waals surface area contributed by atoms with Gasteiger partial charge in [-0.2, -0.15) is 0 Å². The molecule has 3 atom stereocenters. The SMILES string of the molecule is CCC1(C)C2=C(CCCC2O)C(C)(C)C1C. The van der Waals surface area contributed by atoms with Crippen LogP contribution in [0, 0.1) is 16.7 Å². The van der Waals surface area contributed by atoms with E-state index in [1.54, 1.807) is 5.57 Å². The molecular formula is C15H26O. The number of allylic oxidation sites excluding steroid dienone is 1. The predicted octanol–water partition coefficient (Wildman–Crippen LogP) is 3.92. The maximum absolute atomic E-state index is 10.3. The Bertz CT molecular complexity index is 326. The molecule has 2 aliphatic carbocycles. The topological polar surface area (TPSA) is 20.2 Å². The van der Waals surface area contributed by atoms with Crippen LogP contribution in [0.2, 0.25) is 0 Å². The van der Waals surface area contributed by atoms with Gasteiger partial charge in [-0.15, -0.1) is 0 Å². The van der Waals surface area contributed by atoms with E-state index in [9.17, 15) is 5.11 Å². The van der Waals surface area contributed by atoms with Gasteiger partial charge in [-0.3, -0.25) is 0 Å². The van der Waals surface area contributed by atoms with Crippen molar-refractivity contribution in [3.8, 4) is 0 Å². The van der Waals surface area contributed by atoms with Crippen molar-refractivity contribution in [1.82, 2.24) is 0 Å². The fourth-order valence-corrected chi connectivity index (χ4v) is 4.13. The predicted molar refractivity (Wildman–Crippen MR) is 68.2 cm³/mol. The lowest BCUT2D eigenvalue weighted by Gasteiger charge is -2.38. The van der Waals surface area contributed by atoms with Crippen molar-refractivity contribution < 1.29 is 5.11 Å². The number of aliphatic hydroxyl groups is 1. The zero-order valence-electron chi connectivity index (χ0n) is 11.4. The molecule has 16 heavy (non-hydrogen) atoms. The van der Waals surface area contributed by atoms with E-state index in [0.717, 1.165) is 19.3 Å². The van der Waals surface area contributed by atoms with E-state index < -0.39 is 0 Å². The summed E-state index contributed by atoms with van der Waals surface area (Å²) in [5.74, 6) is 0.641. The van der Waals surface area contributed by atoms with Crippen molar-refractivity contribution in [2.75, 3.05) is 0 Å². The molecule has 0 aromatic heterocycles. The quantitative estimate of drug-likeness (QED) is 0.667. The molecule has 1 heteroatoms. The van der Waals surface area contributed by atoms with Crippen LogP contribution in [0.5, 0.6) is 0 Å². The number of hydrogen-bond acceptors (Lipinski definition) is 1. The van der Waals surface area contributed by atoms with Crippen molar-refractivity contribution in [2.45, 2.75) is 66.4 Å². The van der Waals surface area contributed by atoms with Gasteiger partial charge >= 0.3 is 0 Å². The van der Waals surface area contributed by atoms with Crippen LogP contribution < -0.4 is 0 Å². The first-order valence-electron chi connectivity index (χ1n) is 6.77. The highest BCUT2D eigenvalue weighted by molar-refractivity contribution is 5.39. The second-order valence-electron chi connectivity index (χ2n) is 6.51. The third kappa shape index (κ3) is 1.33. The van der Waals surface area contributed by atoms with Gasteiger partial charge in [0.1, 0.15) is 0 Å². The molecule has 0 amide bonds. The molecule has 2 aliphatic rings. The summed E-state index contributed by atoms with van der Waals surface area (Å²) < 4.78 is 0. The van der Waals surface area contributed by atoms with Gasteiger partial charge in [-0.05, 0) is 48.0 Å². The molecule has 3 unspecified atom stereocenters. The minimum absolute atomic E-state index is 0.169. The highest BCUT2D eigenvalue weighted by Crippen LogP contribution is 2.62. The van der Waals surface area contributed by atoms with Crippen molar-refractivity contribution >= 4 is 0 Å². The molecule has 92 valence electrons. The van der Waals surface area contributed by atoms with Crippen LogP contribution in [0.1, 0.15) is 60.3 Å². The molecule has 0 saturated carbocycles. The summed E-state index contributed by atoms with van der Waals surface area (Å²) in [5.41, 5.74) is 3.47. The van der Waals surface area contributed by atoms with Gasteiger partial charge in [0.2, 0.25) is 0 Å². The Morgan fingerprint density at radius 1 is 1.31 bits per heavy atom. The molecule has 0 heterocycles. The number of hydrogen-bond donors (Lipinski definition) is 1. The zero-order valence-corrected chi connectivity index (χ0v) is 11.4. The third-order valence-corrected chi connectivity index (χ3v) is 5.73. The number of aliphatic hydroxyl groups excluding tert-OH is 1. The molecule has 1 N–H and O–H groups in total. The highest BCUT2D eigenvalue weighted by Gasteiger charge is 2.53. The minimum atomic E-state index is -0.169. The first kappa shape index (κ1) is 12.2. The average Bonchev–Trinajstić information content (AvgIpc) is 2.40.